The van der Waals surface area contributed by atoms with Crippen molar-refractivity contribution in [2.24, 2.45) is 0 Å². The van der Waals surface area contributed by atoms with Gasteiger partial charge in [0.05, 0.1) is 5.56 Å². The molecule has 0 saturated carbocycles. The number of benzene rings is 2. The SMILES string of the molecule is Cc1ccc2c(C(=O)C(=O)CC(CNC(=O)OC(C)(C)C)c3c[nH]c4ccccc34)c[nH]c2c1. The first kappa shape index (κ1) is 23.3. The molecule has 0 saturated heterocycles. The maximum atomic E-state index is 13.1. The molecule has 0 radical (unpaired) electrons. The van der Waals surface area contributed by atoms with Crippen molar-refractivity contribution in [3.8, 4) is 0 Å². The largest absolute Gasteiger partial charge is 0.444 e. The molecule has 0 spiro atoms. The van der Waals surface area contributed by atoms with Gasteiger partial charge in [0.25, 0.3) is 0 Å². The Kier molecular flexibility index (Phi) is 6.28. The number of carbonyl (C=O) groups is 3. The molecule has 1 amide bonds. The van der Waals surface area contributed by atoms with Crippen LogP contribution in [0.3, 0.4) is 0 Å². The summed E-state index contributed by atoms with van der Waals surface area (Å²) < 4.78 is 5.35. The van der Waals surface area contributed by atoms with E-state index >= 15 is 0 Å². The van der Waals surface area contributed by atoms with Crippen molar-refractivity contribution in [1.29, 1.82) is 0 Å². The Morgan fingerprint density at radius 3 is 2.47 bits per heavy atom. The number of ether oxygens (including phenoxy) is 1. The van der Waals surface area contributed by atoms with Crippen molar-refractivity contribution in [3.05, 3.63) is 71.5 Å². The van der Waals surface area contributed by atoms with Crippen LogP contribution in [0.4, 0.5) is 4.79 Å². The molecular formula is C27H29N3O4. The standard InChI is InChI=1S/C27H29N3O4/c1-16-9-10-19-21(15-29-23(19)11-16)25(32)24(31)12-17(13-30-26(33)34-27(2,3)4)20-14-28-22-8-6-5-7-18(20)22/h5-11,14-15,17,28-29H,12-13H2,1-4H3,(H,30,33). The van der Waals surface area contributed by atoms with Crippen LogP contribution in [-0.4, -0.2) is 39.8 Å². The molecule has 1 atom stereocenters. The number of amides is 1. The molecule has 176 valence electrons. The van der Waals surface area contributed by atoms with Gasteiger partial charge in [-0.05, 0) is 51.0 Å². The van der Waals surface area contributed by atoms with Crippen molar-refractivity contribution in [2.75, 3.05) is 6.54 Å². The van der Waals surface area contributed by atoms with E-state index in [-0.39, 0.29) is 13.0 Å². The van der Waals surface area contributed by atoms with Gasteiger partial charge in [-0.1, -0.05) is 30.3 Å². The molecule has 34 heavy (non-hydrogen) atoms. The van der Waals surface area contributed by atoms with Crippen LogP contribution in [-0.2, 0) is 9.53 Å². The summed E-state index contributed by atoms with van der Waals surface area (Å²) in [6.45, 7) is 7.48. The number of aromatic amines is 2. The summed E-state index contributed by atoms with van der Waals surface area (Å²) in [5.41, 5.74) is 3.38. The zero-order valence-electron chi connectivity index (χ0n) is 19.8. The third kappa shape index (κ3) is 5.03. The highest BCUT2D eigenvalue weighted by Gasteiger charge is 2.27. The van der Waals surface area contributed by atoms with E-state index in [1.54, 1.807) is 27.0 Å². The lowest BCUT2D eigenvalue weighted by Crippen LogP contribution is -2.35. The Morgan fingerprint density at radius 1 is 0.971 bits per heavy atom. The number of fused-ring (bicyclic) bond motifs is 2. The first-order valence-corrected chi connectivity index (χ1v) is 11.3. The minimum atomic E-state index is -0.639. The molecule has 7 heteroatoms. The van der Waals surface area contributed by atoms with E-state index in [4.69, 9.17) is 4.74 Å². The first-order valence-electron chi connectivity index (χ1n) is 11.3. The van der Waals surface area contributed by atoms with Gasteiger partial charge in [0.15, 0.2) is 0 Å². The molecule has 2 heterocycles. The van der Waals surface area contributed by atoms with Crippen LogP contribution in [0.15, 0.2) is 54.9 Å². The highest BCUT2D eigenvalue weighted by Crippen LogP contribution is 2.29. The topological polar surface area (TPSA) is 104 Å². The second-order valence-corrected chi connectivity index (χ2v) is 9.58. The van der Waals surface area contributed by atoms with Crippen LogP contribution in [0, 0.1) is 6.92 Å². The molecule has 0 aliphatic carbocycles. The maximum absolute atomic E-state index is 13.1. The monoisotopic (exact) mass is 459 g/mol. The average molecular weight is 460 g/mol. The Hall–Kier alpha value is -3.87. The van der Waals surface area contributed by atoms with Crippen LogP contribution in [0.2, 0.25) is 0 Å². The number of para-hydroxylation sites is 1. The van der Waals surface area contributed by atoms with Crippen molar-refractivity contribution in [3.63, 3.8) is 0 Å². The molecule has 4 aromatic rings. The van der Waals surface area contributed by atoms with E-state index in [1.165, 1.54) is 0 Å². The summed E-state index contributed by atoms with van der Waals surface area (Å²) in [6, 6.07) is 13.4. The third-order valence-electron chi connectivity index (χ3n) is 5.72. The van der Waals surface area contributed by atoms with Crippen molar-refractivity contribution in [2.45, 2.75) is 45.6 Å². The number of hydrogen-bond acceptors (Lipinski definition) is 4. The number of ketones is 2. The lowest BCUT2D eigenvalue weighted by Gasteiger charge is -2.22. The smallest absolute Gasteiger partial charge is 0.407 e. The number of aromatic nitrogens is 2. The van der Waals surface area contributed by atoms with Gasteiger partial charge < -0.3 is 20.0 Å². The van der Waals surface area contributed by atoms with Crippen LogP contribution in [0.25, 0.3) is 21.8 Å². The summed E-state index contributed by atoms with van der Waals surface area (Å²) in [5.74, 6) is -1.47. The number of aryl methyl sites for hydroxylation is 1. The number of alkyl carbamates (subject to hydrolysis) is 1. The number of carbonyl (C=O) groups excluding carboxylic acids is 3. The Labute approximate surface area is 197 Å². The van der Waals surface area contributed by atoms with E-state index in [1.807, 2.05) is 55.6 Å². The Bertz CT molecular complexity index is 1370. The van der Waals surface area contributed by atoms with Gasteiger partial charge in [-0.25, -0.2) is 4.79 Å². The molecule has 1 unspecified atom stereocenters. The molecule has 0 aliphatic heterocycles. The van der Waals surface area contributed by atoms with Gasteiger partial charge in [-0.3, -0.25) is 9.59 Å². The molecule has 2 aromatic heterocycles. The maximum Gasteiger partial charge on any atom is 0.407 e. The fourth-order valence-corrected chi connectivity index (χ4v) is 4.14. The lowest BCUT2D eigenvalue weighted by atomic mass is 9.90. The van der Waals surface area contributed by atoms with Crippen LogP contribution < -0.4 is 5.32 Å². The quantitative estimate of drug-likeness (QED) is 0.254. The Balaban J connectivity index is 1.58. The highest BCUT2D eigenvalue weighted by atomic mass is 16.6. The van der Waals surface area contributed by atoms with E-state index in [2.05, 4.69) is 15.3 Å². The van der Waals surface area contributed by atoms with Crippen LogP contribution in [0.1, 0.15) is 54.6 Å². The van der Waals surface area contributed by atoms with Crippen LogP contribution in [0.5, 0.6) is 0 Å². The molecule has 0 bridgehead atoms. The third-order valence-corrected chi connectivity index (χ3v) is 5.72. The number of nitrogens with one attached hydrogen (secondary N) is 3. The first-order chi connectivity index (χ1) is 16.1. The van der Waals surface area contributed by atoms with Crippen molar-refractivity contribution in [1.82, 2.24) is 15.3 Å². The fourth-order valence-electron chi connectivity index (χ4n) is 4.14. The van der Waals surface area contributed by atoms with E-state index < -0.39 is 29.2 Å². The summed E-state index contributed by atoms with van der Waals surface area (Å²) >= 11 is 0. The lowest BCUT2D eigenvalue weighted by molar-refractivity contribution is -0.115. The van der Waals surface area contributed by atoms with Gasteiger partial charge in [-0.15, -0.1) is 0 Å². The highest BCUT2D eigenvalue weighted by molar-refractivity contribution is 6.45. The predicted molar refractivity (Wildman–Crippen MR) is 132 cm³/mol. The van der Waals surface area contributed by atoms with Gasteiger partial charge in [0.1, 0.15) is 5.60 Å². The molecule has 0 fully saturated rings. The van der Waals surface area contributed by atoms with E-state index in [9.17, 15) is 14.4 Å². The van der Waals surface area contributed by atoms with Crippen molar-refractivity contribution >= 4 is 39.5 Å². The predicted octanol–water partition coefficient (Wildman–Crippen LogP) is 5.41. The van der Waals surface area contributed by atoms with E-state index in [0.717, 1.165) is 32.9 Å². The minimum Gasteiger partial charge on any atom is -0.444 e. The minimum absolute atomic E-state index is 0.0466. The average Bonchev–Trinajstić information content (AvgIpc) is 3.38. The van der Waals surface area contributed by atoms with Crippen molar-refractivity contribution < 1.29 is 19.1 Å². The zero-order chi connectivity index (χ0) is 24.5. The summed E-state index contributed by atoms with van der Waals surface area (Å²) in [4.78, 5) is 44.8. The van der Waals surface area contributed by atoms with Gasteiger partial charge >= 0.3 is 6.09 Å². The zero-order valence-corrected chi connectivity index (χ0v) is 19.8. The fraction of sp³-hybridized carbons (Fsp3) is 0.296. The molecule has 4 rings (SSSR count). The summed E-state index contributed by atoms with van der Waals surface area (Å²) in [5, 5.41) is 4.43. The molecule has 3 N–H and O–H groups in total. The molecule has 0 aliphatic rings. The molecule has 7 nitrogen and oxygen atoms in total. The number of hydrogen-bond donors (Lipinski definition) is 3. The normalized spacial score (nSPS) is 12.6. The molecular weight excluding hydrogens is 430 g/mol. The number of rotatable bonds is 7. The Morgan fingerprint density at radius 2 is 1.71 bits per heavy atom. The second-order valence-electron chi connectivity index (χ2n) is 9.58. The summed E-state index contributed by atoms with van der Waals surface area (Å²) in [7, 11) is 0. The van der Waals surface area contributed by atoms with Gasteiger partial charge in [-0.2, -0.15) is 0 Å². The van der Waals surface area contributed by atoms with E-state index in [0.29, 0.717) is 5.56 Å². The molecule has 2 aromatic carbocycles. The van der Waals surface area contributed by atoms with Crippen LogP contribution >= 0.6 is 0 Å². The summed E-state index contributed by atoms with van der Waals surface area (Å²) in [6.07, 6.45) is 2.81. The number of H-pyrrole nitrogens is 2. The number of Topliss-reactive ketones (excluding diaryl/α,β-unsaturated/α-hetero) is 2. The van der Waals surface area contributed by atoms with Gasteiger partial charge in [0.2, 0.25) is 11.6 Å². The van der Waals surface area contributed by atoms with Gasteiger partial charge in [0, 0.05) is 53.1 Å². The second kappa shape index (κ2) is 9.17.